The van der Waals surface area contributed by atoms with E-state index in [2.05, 4.69) is 95.9 Å². The van der Waals surface area contributed by atoms with Crippen LogP contribution in [0.15, 0.2) is 25.5 Å². The first-order valence-corrected chi connectivity index (χ1v) is 36.7. The van der Waals surface area contributed by atoms with Crippen LogP contribution in [0.3, 0.4) is 0 Å². The fourth-order valence-electron chi connectivity index (χ4n) is 11.7. The Labute approximate surface area is 545 Å². The number of hydrogen-bond acceptors (Lipinski definition) is 12. The van der Waals surface area contributed by atoms with E-state index < -0.39 is 12.1 Å². The standard InChI is InChI=1S/C64H124N4O7.C9H20O.C2H4O/c1-12-16-20-24-34-53(5)36-31-37-55(7)49-67(48-54(6)35-23-19-15-4)46-30-28-43-61(65-11)64(73)66-59(52-69)41-27-29-47-68(50-56(8)38-32-44-62(71)74-57(9)39-25-21-17-13-2)51-60(70)42-33-45-63(72)75-58(10)40-26-22-18-14-3;1-4-5-6-7-8-9(2)10-3;1-2-3/h15,52-61,65,70H,4,12-14,16-51H2,1-3,5-11H3,(H,66,73);9H,4-8H2,1-3H3;2-3H,1H2. The number of ether oxygens (including phenoxy) is 3. The largest absolute Gasteiger partial charge is 0.516 e. The highest BCUT2D eigenvalue weighted by atomic mass is 16.5. The van der Waals surface area contributed by atoms with Gasteiger partial charge in [0.05, 0.1) is 42.8 Å². The van der Waals surface area contributed by atoms with Gasteiger partial charge in [-0.2, -0.15) is 0 Å². The Morgan fingerprint density at radius 1 is 0.477 bits per heavy atom. The molecule has 0 heterocycles. The van der Waals surface area contributed by atoms with Gasteiger partial charge in [0.1, 0.15) is 6.29 Å². The smallest absolute Gasteiger partial charge is 0.306 e. The van der Waals surface area contributed by atoms with Crippen LogP contribution in [-0.2, 0) is 33.4 Å². The van der Waals surface area contributed by atoms with Gasteiger partial charge in [-0.1, -0.05) is 184 Å². The van der Waals surface area contributed by atoms with Crippen molar-refractivity contribution in [2.75, 3.05) is 53.4 Å². The highest BCUT2D eigenvalue weighted by Crippen LogP contribution is 2.22. The number of allylic oxidation sites excluding steroid dienone is 1. The number of carbonyl (C=O) groups excluding carboxylic acids is 4. The Balaban J connectivity index is -0.00000496. The molecule has 0 saturated heterocycles. The molecule has 0 rings (SSSR count). The van der Waals surface area contributed by atoms with Gasteiger partial charge in [0, 0.05) is 46.1 Å². The average molecular weight is 1250 g/mol. The second-order valence-electron chi connectivity index (χ2n) is 26.8. The fraction of sp³-hybridized carbons (Fsp3) is 0.893. The summed E-state index contributed by atoms with van der Waals surface area (Å²) in [6.07, 6.45) is 43.3. The molecule has 13 heteroatoms. The minimum absolute atomic E-state index is 0.0536. The van der Waals surface area contributed by atoms with Crippen molar-refractivity contribution in [3.05, 3.63) is 25.5 Å². The van der Waals surface area contributed by atoms with Gasteiger partial charge < -0.3 is 49.7 Å². The Kier molecular flexibility index (Phi) is 66.7. The molecule has 0 aromatic rings. The maximum Gasteiger partial charge on any atom is 0.306 e. The Morgan fingerprint density at radius 3 is 1.31 bits per heavy atom. The number of esters is 2. The molecule has 0 bridgehead atoms. The van der Waals surface area contributed by atoms with Crippen LogP contribution in [0.4, 0.5) is 0 Å². The highest BCUT2D eigenvalue weighted by molar-refractivity contribution is 5.84. The monoisotopic (exact) mass is 1250 g/mol. The zero-order chi connectivity index (χ0) is 66.4. The van der Waals surface area contributed by atoms with Gasteiger partial charge in [-0.25, -0.2) is 0 Å². The van der Waals surface area contributed by atoms with E-state index in [-0.39, 0.29) is 36.1 Å². The number of likely N-dealkylation sites (N-methyl/N-ethyl adjacent to an activating group) is 1. The number of aliphatic hydroxyl groups excluding tert-OH is 2. The minimum Gasteiger partial charge on any atom is -0.516 e. The summed E-state index contributed by atoms with van der Waals surface area (Å²) < 4.78 is 16.5. The second-order valence-corrected chi connectivity index (χ2v) is 26.8. The van der Waals surface area contributed by atoms with Crippen molar-refractivity contribution < 1.29 is 43.6 Å². The minimum atomic E-state index is -0.595. The number of aldehydes is 1. The number of methoxy groups -OCH3 is 1. The maximum absolute atomic E-state index is 13.6. The molecule has 10 unspecified atom stereocenters. The molecule has 88 heavy (non-hydrogen) atoms. The molecule has 0 saturated carbocycles. The van der Waals surface area contributed by atoms with Gasteiger partial charge in [-0.05, 0) is 180 Å². The Bertz CT molecular complexity index is 1530. The van der Waals surface area contributed by atoms with Crippen molar-refractivity contribution in [2.24, 2.45) is 23.7 Å². The number of nitrogens with one attached hydrogen (secondary N) is 2. The summed E-state index contributed by atoms with van der Waals surface area (Å²) in [6, 6.07) is -0.922. The highest BCUT2D eigenvalue weighted by Gasteiger charge is 2.22. The van der Waals surface area contributed by atoms with Crippen LogP contribution in [-0.4, -0.2) is 134 Å². The molecular formula is C75H148N4O9. The summed E-state index contributed by atoms with van der Waals surface area (Å²) in [5, 5.41) is 24.8. The van der Waals surface area contributed by atoms with E-state index in [0.29, 0.717) is 62.5 Å². The van der Waals surface area contributed by atoms with E-state index in [9.17, 15) is 24.3 Å². The molecule has 0 aromatic carbocycles. The summed E-state index contributed by atoms with van der Waals surface area (Å²) in [5.41, 5.74) is 0. The number of rotatable bonds is 61. The third-order valence-corrected chi connectivity index (χ3v) is 17.3. The molecule has 0 aliphatic heterocycles. The first-order chi connectivity index (χ1) is 42.3. The van der Waals surface area contributed by atoms with Gasteiger partial charge in [-0.15, -0.1) is 6.58 Å². The van der Waals surface area contributed by atoms with Gasteiger partial charge in [0.2, 0.25) is 5.91 Å². The van der Waals surface area contributed by atoms with Crippen LogP contribution in [0.5, 0.6) is 0 Å². The molecule has 0 aliphatic carbocycles. The van der Waals surface area contributed by atoms with Crippen LogP contribution in [0.25, 0.3) is 0 Å². The maximum atomic E-state index is 13.6. The number of aliphatic hydroxyl groups is 2. The molecule has 0 fully saturated rings. The van der Waals surface area contributed by atoms with E-state index in [1.165, 1.54) is 128 Å². The molecule has 522 valence electrons. The van der Waals surface area contributed by atoms with Crippen LogP contribution >= 0.6 is 0 Å². The van der Waals surface area contributed by atoms with E-state index in [0.717, 1.165) is 135 Å². The van der Waals surface area contributed by atoms with Crippen molar-refractivity contribution in [3.8, 4) is 0 Å². The second kappa shape index (κ2) is 65.6. The van der Waals surface area contributed by atoms with Crippen LogP contribution in [0, 0.1) is 23.7 Å². The van der Waals surface area contributed by atoms with E-state index >= 15 is 0 Å². The van der Waals surface area contributed by atoms with Crippen molar-refractivity contribution in [1.29, 1.82) is 0 Å². The lowest BCUT2D eigenvalue weighted by molar-refractivity contribution is -0.149. The molecule has 0 radical (unpaired) electrons. The van der Waals surface area contributed by atoms with E-state index in [1.54, 1.807) is 7.11 Å². The quantitative estimate of drug-likeness (QED) is 0.0150. The average Bonchev–Trinajstić information content (AvgIpc) is 3.49. The third-order valence-electron chi connectivity index (χ3n) is 17.3. The molecule has 13 nitrogen and oxygen atoms in total. The van der Waals surface area contributed by atoms with Crippen molar-refractivity contribution in [1.82, 2.24) is 20.4 Å². The summed E-state index contributed by atoms with van der Waals surface area (Å²) in [6.45, 7) is 36.5. The van der Waals surface area contributed by atoms with Crippen LogP contribution in [0.2, 0.25) is 0 Å². The topological polar surface area (TPSA) is 167 Å². The van der Waals surface area contributed by atoms with Crippen LogP contribution < -0.4 is 10.6 Å². The molecule has 4 N–H and O–H groups in total. The summed E-state index contributed by atoms with van der Waals surface area (Å²) >= 11 is 0. The first-order valence-electron chi connectivity index (χ1n) is 36.7. The lowest BCUT2D eigenvalue weighted by atomic mass is 9.94. The van der Waals surface area contributed by atoms with Crippen molar-refractivity contribution >= 4 is 24.1 Å². The van der Waals surface area contributed by atoms with E-state index in [4.69, 9.17) is 19.3 Å². The number of unbranched alkanes of at least 4 members (excludes halogenated alkanes) is 15. The van der Waals surface area contributed by atoms with Gasteiger partial charge in [0.15, 0.2) is 0 Å². The predicted molar refractivity (Wildman–Crippen MR) is 375 cm³/mol. The van der Waals surface area contributed by atoms with Crippen molar-refractivity contribution in [2.45, 2.75) is 357 Å². The molecule has 0 aliphatic rings. The number of nitrogens with zero attached hydrogens (tertiary/aromatic N) is 2. The van der Waals surface area contributed by atoms with Crippen molar-refractivity contribution in [3.63, 3.8) is 0 Å². The lowest BCUT2D eigenvalue weighted by Gasteiger charge is -2.29. The van der Waals surface area contributed by atoms with Gasteiger partial charge >= 0.3 is 11.9 Å². The molecule has 0 spiro atoms. The SMILES string of the molecule is C=CCCCC(C)CN(CCCCC(NC)C(=O)NC(C=O)CCCCN(CC(C)CCCC(=O)OC(C)CCCCCC)CC(O)CCCC(=O)OC(C)CCCCCC)CC(C)CCCC(C)CCCCCC.C=CO.CCCCCCC(C)OC. The van der Waals surface area contributed by atoms with E-state index in [1.807, 2.05) is 27.0 Å². The zero-order valence-electron chi connectivity index (χ0n) is 60.2. The van der Waals surface area contributed by atoms with Crippen LogP contribution in [0.1, 0.15) is 320 Å². The molecule has 10 atom stereocenters. The summed E-state index contributed by atoms with van der Waals surface area (Å²) in [5.74, 6) is 1.96. The normalized spacial score (nSPS) is 14.8. The predicted octanol–water partition coefficient (Wildman–Crippen LogP) is 18.4. The number of carbonyl (C=O) groups is 4. The third kappa shape index (κ3) is 60.7. The number of amides is 1. The lowest BCUT2D eigenvalue weighted by Crippen LogP contribution is -2.47. The molecule has 0 aromatic heterocycles. The zero-order valence-corrected chi connectivity index (χ0v) is 60.2. The molecular weight excluding hydrogens is 1100 g/mol. The number of hydrogen-bond donors (Lipinski definition) is 4. The van der Waals surface area contributed by atoms with Gasteiger partial charge in [0.25, 0.3) is 0 Å². The summed E-state index contributed by atoms with van der Waals surface area (Å²) in [7, 11) is 3.62. The Morgan fingerprint density at radius 2 is 0.864 bits per heavy atom. The Hall–Kier alpha value is -2.84. The molecule has 1 amide bonds. The summed E-state index contributed by atoms with van der Waals surface area (Å²) in [4.78, 5) is 56.1. The first kappa shape index (κ1) is 89.4. The fourth-order valence-corrected chi connectivity index (χ4v) is 11.7. The van der Waals surface area contributed by atoms with Gasteiger partial charge in [-0.3, -0.25) is 14.4 Å².